The third-order valence-electron chi connectivity index (χ3n) is 4.07. The minimum Gasteiger partial charge on any atom is -0.222 e. The summed E-state index contributed by atoms with van der Waals surface area (Å²) < 4.78 is 36.4. The van der Waals surface area contributed by atoms with Crippen LogP contribution in [-0.4, -0.2) is 0 Å². The van der Waals surface area contributed by atoms with Gasteiger partial charge in [-0.25, -0.2) is 18.6 Å². The van der Waals surface area contributed by atoms with Gasteiger partial charge in [0.25, 0.3) is 0 Å². The number of halogens is 1. The zero-order chi connectivity index (χ0) is 15.0. The number of aromatic nitrogens is 1. The Bertz CT molecular complexity index is 553. The van der Waals surface area contributed by atoms with Crippen LogP contribution in [0, 0.1) is 10.2 Å². The summed E-state index contributed by atoms with van der Waals surface area (Å²) in [6.45, 7) is 0. The molecule has 3 heterocycles. The lowest BCUT2D eigenvalue weighted by Gasteiger charge is -2.34. The van der Waals surface area contributed by atoms with Gasteiger partial charge >= 0.3 is 0 Å². The van der Waals surface area contributed by atoms with Gasteiger partial charge in [-0.15, -0.1) is 10.2 Å². The van der Waals surface area contributed by atoms with Crippen molar-refractivity contribution in [2.75, 3.05) is 0 Å². The Balaban J connectivity index is 0.000000233. The molecule has 2 aromatic rings. The summed E-state index contributed by atoms with van der Waals surface area (Å²) in [5, 5.41) is 0. The van der Waals surface area contributed by atoms with E-state index in [0.29, 0.717) is 12.0 Å². The summed E-state index contributed by atoms with van der Waals surface area (Å²) in [6, 6.07) is 16.1. The fourth-order valence-electron chi connectivity index (χ4n) is 3.41. The van der Waals surface area contributed by atoms with Gasteiger partial charge in [-0.3, -0.25) is 0 Å². The lowest BCUT2D eigenvalue weighted by atomic mass is 9.74. The standard InChI is InChI=1S/C15H14N.ClHO4/c1-2-6-12-11(5-1)13-8-9-15(12)16-10-4-3-7-14(13)16;2-1(3,4)5/h1-7,10,13,15H,8-9H2;(H,2,3,4,5)/q+1;/p-1/t13-,15+;/m0./s1. The van der Waals surface area contributed by atoms with Gasteiger partial charge < -0.3 is 0 Å². The van der Waals surface area contributed by atoms with Crippen molar-refractivity contribution < 1.29 is 33.4 Å². The molecule has 5 rings (SSSR count). The molecule has 2 atom stereocenters. The Morgan fingerprint density at radius 3 is 2.19 bits per heavy atom. The van der Waals surface area contributed by atoms with Crippen molar-refractivity contribution >= 4 is 0 Å². The zero-order valence-electron chi connectivity index (χ0n) is 11.1. The third kappa shape index (κ3) is 2.92. The molecule has 110 valence electrons. The number of hydrogen-bond acceptors (Lipinski definition) is 4. The lowest BCUT2D eigenvalue weighted by molar-refractivity contribution is -2.00. The Labute approximate surface area is 124 Å². The lowest BCUT2D eigenvalue weighted by Crippen LogP contribution is -2.68. The number of fused-ring (bicyclic) bond motifs is 1. The average molecular weight is 308 g/mol. The van der Waals surface area contributed by atoms with Crippen molar-refractivity contribution in [1.82, 2.24) is 0 Å². The maximum Gasteiger partial charge on any atom is 0.189 e. The summed E-state index contributed by atoms with van der Waals surface area (Å²) in [7, 11) is -4.94. The average Bonchev–Trinajstić information content (AvgIpc) is 2.46. The molecule has 0 amide bonds. The van der Waals surface area contributed by atoms with Crippen molar-refractivity contribution in [3.8, 4) is 0 Å². The van der Waals surface area contributed by atoms with Gasteiger partial charge in [0.1, 0.15) is 0 Å². The van der Waals surface area contributed by atoms with Gasteiger partial charge in [0.15, 0.2) is 17.9 Å². The van der Waals surface area contributed by atoms with Crippen LogP contribution in [0.2, 0.25) is 0 Å². The van der Waals surface area contributed by atoms with Crippen LogP contribution in [0.25, 0.3) is 0 Å². The van der Waals surface area contributed by atoms with Crippen molar-refractivity contribution in [3.63, 3.8) is 0 Å². The molecule has 0 N–H and O–H groups in total. The van der Waals surface area contributed by atoms with Gasteiger partial charge in [-0.2, -0.15) is 4.57 Å². The molecule has 2 aliphatic heterocycles. The van der Waals surface area contributed by atoms with Gasteiger partial charge in [-0.1, -0.05) is 30.3 Å². The SMILES string of the molecule is [O-][Cl+3]([O-])([O-])[O-].c1ccc2c(c1)[C@@H]1CC[C@H]2[n+]2ccccc21. The Hall–Kier alpha value is -1.50. The summed E-state index contributed by atoms with van der Waals surface area (Å²) in [5.74, 6) is 0.627. The van der Waals surface area contributed by atoms with Crippen LogP contribution in [0.15, 0.2) is 48.7 Å². The molecule has 0 unspecified atom stereocenters. The van der Waals surface area contributed by atoms with E-state index in [9.17, 15) is 0 Å². The van der Waals surface area contributed by atoms with Gasteiger partial charge in [0.05, 0.1) is 5.92 Å². The minimum atomic E-state index is -4.94. The normalized spacial score (nSPS) is 21.9. The van der Waals surface area contributed by atoms with Gasteiger partial charge in [-0.05, 0) is 12.0 Å². The molecule has 0 saturated carbocycles. The van der Waals surface area contributed by atoms with Crippen molar-refractivity contribution in [2.45, 2.75) is 24.8 Å². The highest BCUT2D eigenvalue weighted by molar-refractivity contribution is 5.40. The number of hydrogen-bond donors (Lipinski definition) is 0. The maximum atomic E-state index is 8.49. The molecular weight excluding hydrogens is 294 g/mol. The molecule has 6 heteroatoms. The number of pyridine rings is 1. The molecule has 1 aliphatic carbocycles. The topological polar surface area (TPSA) is 96.1 Å². The van der Waals surface area contributed by atoms with E-state index < -0.39 is 10.2 Å². The first-order chi connectivity index (χ1) is 9.95. The molecular formula is C15H14ClNO4. The first kappa shape index (κ1) is 14.4. The van der Waals surface area contributed by atoms with Crippen LogP contribution in [-0.2, 0) is 0 Å². The quantitative estimate of drug-likeness (QED) is 0.528. The largest absolute Gasteiger partial charge is 0.222 e. The van der Waals surface area contributed by atoms with E-state index in [2.05, 4.69) is 53.2 Å². The number of nitrogens with zero attached hydrogens (tertiary/aromatic N) is 1. The molecule has 0 saturated heterocycles. The van der Waals surface area contributed by atoms with E-state index in [1.807, 2.05) is 0 Å². The fraction of sp³-hybridized carbons (Fsp3) is 0.267. The Kier molecular flexibility index (Phi) is 3.69. The number of benzene rings is 1. The molecule has 0 fully saturated rings. The van der Waals surface area contributed by atoms with E-state index in [-0.39, 0.29) is 0 Å². The van der Waals surface area contributed by atoms with E-state index in [1.54, 1.807) is 11.1 Å². The minimum absolute atomic E-state index is 0.581. The number of rotatable bonds is 0. The van der Waals surface area contributed by atoms with Crippen LogP contribution in [0.5, 0.6) is 0 Å². The highest BCUT2D eigenvalue weighted by Crippen LogP contribution is 2.44. The summed E-state index contributed by atoms with van der Waals surface area (Å²) in [6.07, 6.45) is 4.84. The van der Waals surface area contributed by atoms with Crippen molar-refractivity contribution in [1.29, 1.82) is 0 Å². The van der Waals surface area contributed by atoms with E-state index in [0.717, 1.165) is 0 Å². The van der Waals surface area contributed by atoms with Gasteiger partial charge in [0.2, 0.25) is 0 Å². The second-order valence-electron chi connectivity index (χ2n) is 5.19. The predicted octanol–water partition coefficient (Wildman–Crippen LogP) is -1.95. The predicted molar refractivity (Wildman–Crippen MR) is 62.3 cm³/mol. The summed E-state index contributed by atoms with van der Waals surface area (Å²) >= 11 is 0. The fourth-order valence-corrected chi connectivity index (χ4v) is 3.41. The van der Waals surface area contributed by atoms with E-state index in [4.69, 9.17) is 18.6 Å². The van der Waals surface area contributed by atoms with E-state index >= 15 is 0 Å². The second kappa shape index (κ2) is 5.36. The van der Waals surface area contributed by atoms with Crippen molar-refractivity contribution in [3.05, 3.63) is 65.5 Å². The molecule has 5 nitrogen and oxygen atoms in total. The van der Waals surface area contributed by atoms with Crippen LogP contribution < -0.4 is 23.2 Å². The Morgan fingerprint density at radius 2 is 1.48 bits per heavy atom. The van der Waals surface area contributed by atoms with Crippen LogP contribution in [0.1, 0.15) is 41.6 Å². The van der Waals surface area contributed by atoms with E-state index in [1.165, 1.54) is 18.5 Å². The third-order valence-corrected chi connectivity index (χ3v) is 4.07. The van der Waals surface area contributed by atoms with Gasteiger partial charge in [0, 0.05) is 24.1 Å². The summed E-state index contributed by atoms with van der Waals surface area (Å²) in [4.78, 5) is 0. The zero-order valence-corrected chi connectivity index (χ0v) is 11.9. The molecule has 1 aromatic heterocycles. The van der Waals surface area contributed by atoms with Crippen LogP contribution >= 0.6 is 0 Å². The molecule has 1 aromatic carbocycles. The Morgan fingerprint density at radius 1 is 0.857 bits per heavy atom. The van der Waals surface area contributed by atoms with Crippen molar-refractivity contribution in [2.24, 2.45) is 0 Å². The molecule has 21 heavy (non-hydrogen) atoms. The first-order valence-electron chi connectivity index (χ1n) is 6.66. The van der Waals surface area contributed by atoms with Crippen LogP contribution in [0.3, 0.4) is 0 Å². The highest BCUT2D eigenvalue weighted by Gasteiger charge is 2.42. The smallest absolute Gasteiger partial charge is 0.189 e. The maximum absolute atomic E-state index is 8.49. The first-order valence-corrected chi connectivity index (χ1v) is 7.89. The van der Waals surface area contributed by atoms with Crippen LogP contribution in [0.4, 0.5) is 0 Å². The second-order valence-corrected chi connectivity index (χ2v) is 5.94. The molecule has 0 spiro atoms. The summed E-state index contributed by atoms with van der Waals surface area (Å²) in [5.41, 5.74) is 4.60. The molecule has 0 radical (unpaired) electrons. The highest BCUT2D eigenvalue weighted by atomic mass is 35.7. The molecule has 2 bridgehead atoms. The molecule has 3 aliphatic rings. The monoisotopic (exact) mass is 307 g/mol.